The second-order valence-electron chi connectivity index (χ2n) is 8.80. The molecule has 186 valence electrons. The number of benzene rings is 1. The summed E-state index contributed by atoms with van der Waals surface area (Å²) >= 11 is 1.59. The number of thioether (sulfide) groups is 1. The number of carbonyl (C=O) groups is 2. The Balaban J connectivity index is 2.29. The molecule has 2 rings (SSSR count). The Labute approximate surface area is 207 Å². The van der Waals surface area contributed by atoms with E-state index in [4.69, 9.17) is 11.5 Å². The van der Waals surface area contributed by atoms with E-state index in [-0.39, 0.29) is 17.7 Å². The van der Waals surface area contributed by atoms with Crippen LogP contribution in [0.4, 0.5) is 11.5 Å². The third kappa shape index (κ3) is 7.74. The average molecular weight is 486 g/mol. The molecule has 0 aliphatic carbocycles. The minimum atomic E-state index is -0.330. The van der Waals surface area contributed by atoms with E-state index in [0.717, 1.165) is 40.8 Å². The fourth-order valence-corrected chi connectivity index (χ4v) is 4.87. The van der Waals surface area contributed by atoms with Gasteiger partial charge in [-0.05, 0) is 73.3 Å². The normalized spacial score (nSPS) is 12.9. The molecule has 1 unspecified atom stereocenters. The smallest absolute Gasteiger partial charge is 0.231 e. The van der Waals surface area contributed by atoms with Gasteiger partial charge in [-0.1, -0.05) is 32.9 Å². The maximum Gasteiger partial charge on any atom is 0.231 e. The topological polar surface area (TPSA) is 123 Å². The minimum absolute atomic E-state index is 0.0729. The van der Waals surface area contributed by atoms with E-state index in [1.54, 1.807) is 18.0 Å². The van der Waals surface area contributed by atoms with E-state index in [2.05, 4.69) is 42.5 Å². The van der Waals surface area contributed by atoms with Crippen LogP contribution in [-0.2, 0) is 9.59 Å². The maximum atomic E-state index is 13.5. The Morgan fingerprint density at radius 3 is 2.56 bits per heavy atom. The highest BCUT2D eigenvalue weighted by Gasteiger charge is 2.23. The second-order valence-corrected chi connectivity index (χ2v) is 9.86. The number of nitrogen functional groups attached to an aromatic ring is 1. The summed E-state index contributed by atoms with van der Waals surface area (Å²) in [5.41, 5.74) is 15.5. The Hall–Kier alpha value is -2.58. The number of nitrogens with zero attached hydrogens (tertiary/aromatic N) is 1. The van der Waals surface area contributed by atoms with Gasteiger partial charge < -0.3 is 22.1 Å². The first-order valence-electron chi connectivity index (χ1n) is 12.0. The van der Waals surface area contributed by atoms with Gasteiger partial charge >= 0.3 is 0 Å². The third-order valence-electron chi connectivity index (χ3n) is 6.30. The van der Waals surface area contributed by atoms with E-state index in [1.807, 2.05) is 25.1 Å². The molecule has 0 aliphatic rings. The zero-order valence-corrected chi connectivity index (χ0v) is 21.6. The SMILES string of the molecule is CCC(CC)c1cc(NC(=O)[C@H](CCC(C)CNC=O)c2ccc(SCN)c(C)c2)cnc1N. The van der Waals surface area contributed by atoms with Crippen molar-refractivity contribution < 1.29 is 9.59 Å². The van der Waals surface area contributed by atoms with E-state index in [1.165, 1.54) is 0 Å². The molecule has 8 heteroatoms. The molecular formula is C26H39N5O2S. The number of rotatable bonds is 14. The first-order chi connectivity index (χ1) is 16.3. The van der Waals surface area contributed by atoms with Crippen LogP contribution in [-0.4, -0.2) is 29.7 Å². The highest BCUT2D eigenvalue weighted by atomic mass is 32.2. The lowest BCUT2D eigenvalue weighted by atomic mass is 9.89. The molecule has 2 aromatic rings. The summed E-state index contributed by atoms with van der Waals surface area (Å²) in [7, 11) is 0. The predicted octanol–water partition coefficient (Wildman–Crippen LogP) is 4.77. The number of hydrogen-bond donors (Lipinski definition) is 4. The van der Waals surface area contributed by atoms with Gasteiger partial charge in [0.2, 0.25) is 12.3 Å². The number of carbonyl (C=O) groups excluding carboxylic acids is 2. The highest BCUT2D eigenvalue weighted by Crippen LogP contribution is 2.32. The second kappa shape index (κ2) is 14.0. The third-order valence-corrected chi connectivity index (χ3v) is 7.23. The van der Waals surface area contributed by atoms with Crippen molar-refractivity contribution in [2.24, 2.45) is 11.7 Å². The number of nitrogens with one attached hydrogen (secondary N) is 2. The van der Waals surface area contributed by atoms with Gasteiger partial charge in [0.25, 0.3) is 0 Å². The summed E-state index contributed by atoms with van der Waals surface area (Å²) < 4.78 is 0. The van der Waals surface area contributed by atoms with E-state index in [9.17, 15) is 9.59 Å². The van der Waals surface area contributed by atoms with Crippen molar-refractivity contribution in [3.05, 3.63) is 47.2 Å². The lowest BCUT2D eigenvalue weighted by Crippen LogP contribution is -2.24. The molecule has 0 spiro atoms. The fourth-order valence-electron chi connectivity index (χ4n) is 4.24. The number of anilines is 2. The molecule has 0 aliphatic heterocycles. The molecular weight excluding hydrogens is 446 g/mol. The van der Waals surface area contributed by atoms with Crippen LogP contribution in [0.2, 0.25) is 0 Å². The zero-order valence-electron chi connectivity index (χ0n) is 20.8. The molecule has 6 N–H and O–H groups in total. The van der Waals surface area contributed by atoms with Crippen LogP contribution in [0.25, 0.3) is 0 Å². The maximum absolute atomic E-state index is 13.5. The fraction of sp³-hybridized carbons (Fsp3) is 0.500. The minimum Gasteiger partial charge on any atom is -0.383 e. The van der Waals surface area contributed by atoms with Gasteiger partial charge in [0.05, 0.1) is 17.8 Å². The molecule has 0 saturated carbocycles. The number of hydrogen-bond acceptors (Lipinski definition) is 6. The molecule has 1 aromatic carbocycles. The lowest BCUT2D eigenvalue weighted by molar-refractivity contribution is -0.118. The van der Waals surface area contributed by atoms with E-state index >= 15 is 0 Å². The molecule has 7 nitrogen and oxygen atoms in total. The summed E-state index contributed by atoms with van der Waals surface area (Å²) in [6, 6.07) is 8.08. The van der Waals surface area contributed by atoms with Crippen molar-refractivity contribution in [2.75, 3.05) is 23.5 Å². The van der Waals surface area contributed by atoms with Crippen LogP contribution in [0.15, 0.2) is 35.4 Å². The van der Waals surface area contributed by atoms with Gasteiger partial charge in [-0.2, -0.15) is 0 Å². The van der Waals surface area contributed by atoms with Gasteiger partial charge in [-0.15, -0.1) is 11.8 Å². The van der Waals surface area contributed by atoms with Gasteiger partial charge in [-0.3, -0.25) is 9.59 Å². The molecule has 2 atom stereocenters. The number of pyridine rings is 1. The van der Waals surface area contributed by atoms with E-state index in [0.29, 0.717) is 42.7 Å². The molecule has 34 heavy (non-hydrogen) atoms. The summed E-state index contributed by atoms with van der Waals surface area (Å²) in [6.45, 7) is 8.96. The van der Waals surface area contributed by atoms with Gasteiger partial charge in [0.1, 0.15) is 5.82 Å². The van der Waals surface area contributed by atoms with E-state index < -0.39 is 0 Å². The summed E-state index contributed by atoms with van der Waals surface area (Å²) in [4.78, 5) is 29.6. The Bertz CT molecular complexity index is 949. The summed E-state index contributed by atoms with van der Waals surface area (Å²) in [5.74, 6) is 1.19. The predicted molar refractivity (Wildman–Crippen MR) is 142 cm³/mol. The molecule has 0 radical (unpaired) electrons. The van der Waals surface area contributed by atoms with Crippen LogP contribution in [0.1, 0.15) is 75.0 Å². The molecule has 0 fully saturated rings. The molecule has 2 amide bonds. The molecule has 1 aromatic heterocycles. The first kappa shape index (κ1) is 27.7. The Morgan fingerprint density at radius 1 is 1.21 bits per heavy atom. The van der Waals surface area contributed by atoms with Crippen molar-refractivity contribution in [1.29, 1.82) is 0 Å². The number of aromatic nitrogens is 1. The van der Waals surface area contributed by atoms with Gasteiger partial charge in [0.15, 0.2) is 0 Å². The standard InChI is InChI=1S/C26H39N5O2S/c1-5-19(6-2)23-12-21(14-30-25(23)28)31-26(33)22(9-7-17(3)13-29-16-32)20-8-10-24(34-15-27)18(4)11-20/h8,10-12,14,16-17,19,22H,5-7,9,13,15,27H2,1-4H3,(H2,28,30)(H,29,32)(H,31,33)/t17?,22-/m1/s1. The quantitative estimate of drug-likeness (QED) is 0.174. The largest absolute Gasteiger partial charge is 0.383 e. The molecule has 0 saturated heterocycles. The van der Waals surface area contributed by atoms with Gasteiger partial charge in [0, 0.05) is 17.3 Å². The monoisotopic (exact) mass is 485 g/mol. The number of nitrogens with two attached hydrogens (primary N) is 2. The van der Waals surface area contributed by atoms with Gasteiger partial charge in [-0.25, -0.2) is 4.98 Å². The lowest BCUT2D eigenvalue weighted by Gasteiger charge is -2.21. The Kier molecular flexibility index (Phi) is 11.4. The first-order valence-corrected chi connectivity index (χ1v) is 13.0. The van der Waals surface area contributed by atoms with Crippen molar-refractivity contribution in [1.82, 2.24) is 10.3 Å². The molecule has 1 heterocycles. The van der Waals surface area contributed by atoms with Crippen LogP contribution in [0, 0.1) is 12.8 Å². The molecule has 0 bridgehead atoms. The van der Waals surface area contributed by atoms with Crippen LogP contribution in [0.5, 0.6) is 0 Å². The highest BCUT2D eigenvalue weighted by molar-refractivity contribution is 7.99. The summed E-state index contributed by atoms with van der Waals surface area (Å²) in [5, 5.41) is 5.81. The van der Waals surface area contributed by atoms with Crippen molar-refractivity contribution in [3.8, 4) is 0 Å². The van der Waals surface area contributed by atoms with Crippen LogP contribution >= 0.6 is 11.8 Å². The average Bonchev–Trinajstić information content (AvgIpc) is 2.82. The number of amides is 2. The van der Waals surface area contributed by atoms with Crippen molar-refractivity contribution in [3.63, 3.8) is 0 Å². The van der Waals surface area contributed by atoms with Crippen molar-refractivity contribution >= 4 is 35.6 Å². The number of aryl methyl sites for hydroxylation is 1. The Morgan fingerprint density at radius 2 is 1.94 bits per heavy atom. The zero-order chi connectivity index (χ0) is 25.1. The van der Waals surface area contributed by atoms with Crippen LogP contribution in [0.3, 0.4) is 0 Å². The van der Waals surface area contributed by atoms with Crippen molar-refractivity contribution in [2.45, 2.75) is 70.1 Å². The van der Waals surface area contributed by atoms with Crippen LogP contribution < -0.4 is 22.1 Å². The summed E-state index contributed by atoms with van der Waals surface area (Å²) in [6.07, 6.45) is 5.72.